The van der Waals surface area contributed by atoms with Crippen LogP contribution in [0.4, 0.5) is 11.8 Å². The molecule has 120 valence electrons. The van der Waals surface area contributed by atoms with E-state index in [0.717, 1.165) is 22.8 Å². The highest BCUT2D eigenvalue weighted by Gasteiger charge is 2.08. The van der Waals surface area contributed by atoms with E-state index >= 15 is 0 Å². The van der Waals surface area contributed by atoms with Crippen molar-refractivity contribution in [3.05, 3.63) is 35.0 Å². The van der Waals surface area contributed by atoms with E-state index in [-0.39, 0.29) is 5.95 Å². The summed E-state index contributed by atoms with van der Waals surface area (Å²) >= 11 is 0. The van der Waals surface area contributed by atoms with Crippen molar-refractivity contribution < 1.29 is 9.47 Å². The molecule has 0 fully saturated rings. The molecule has 0 aliphatic heterocycles. The molecule has 1 aromatic carbocycles. The second-order valence-corrected chi connectivity index (χ2v) is 4.80. The standard InChI is InChI=1S/C17H20N4O2/c1-4-14-13(16(18)21-17(19)20-14)7-5-6-11-10-12(22-2)8-9-15(11)23-3/h8-10H,4,6H2,1-3H3,(H4,18,19,20,21). The third-order valence-corrected chi connectivity index (χ3v) is 3.34. The maximum absolute atomic E-state index is 5.90. The summed E-state index contributed by atoms with van der Waals surface area (Å²) < 4.78 is 10.6. The van der Waals surface area contributed by atoms with Gasteiger partial charge in [0.05, 0.1) is 25.5 Å². The average Bonchev–Trinajstić information content (AvgIpc) is 2.56. The van der Waals surface area contributed by atoms with Crippen molar-refractivity contribution in [1.29, 1.82) is 0 Å². The number of nitrogens with zero attached hydrogens (tertiary/aromatic N) is 2. The van der Waals surface area contributed by atoms with E-state index in [9.17, 15) is 0 Å². The first-order chi connectivity index (χ1) is 11.1. The Labute approximate surface area is 135 Å². The molecule has 2 aromatic rings. The van der Waals surface area contributed by atoms with Crippen LogP contribution in [0.5, 0.6) is 11.5 Å². The Morgan fingerprint density at radius 3 is 2.57 bits per heavy atom. The zero-order valence-electron chi connectivity index (χ0n) is 13.5. The lowest BCUT2D eigenvalue weighted by Gasteiger charge is -2.08. The number of anilines is 2. The second-order valence-electron chi connectivity index (χ2n) is 4.80. The molecule has 1 aromatic heterocycles. The normalized spacial score (nSPS) is 9.87. The van der Waals surface area contributed by atoms with E-state index in [0.29, 0.717) is 24.2 Å². The van der Waals surface area contributed by atoms with Gasteiger partial charge in [-0.25, -0.2) is 4.98 Å². The van der Waals surface area contributed by atoms with Gasteiger partial charge in [-0.15, -0.1) is 0 Å². The summed E-state index contributed by atoms with van der Waals surface area (Å²) in [5.41, 5.74) is 13.8. The average molecular weight is 312 g/mol. The van der Waals surface area contributed by atoms with Gasteiger partial charge in [-0.1, -0.05) is 18.8 Å². The molecule has 0 aliphatic carbocycles. The third-order valence-electron chi connectivity index (χ3n) is 3.34. The van der Waals surface area contributed by atoms with Gasteiger partial charge in [0.2, 0.25) is 5.95 Å². The molecule has 0 spiro atoms. The molecule has 6 heteroatoms. The molecule has 0 saturated heterocycles. The lowest BCUT2D eigenvalue weighted by molar-refractivity contribution is 0.400. The van der Waals surface area contributed by atoms with Gasteiger partial charge < -0.3 is 20.9 Å². The number of aromatic nitrogens is 2. The predicted octanol–water partition coefficient (Wildman–Crippen LogP) is 1.81. The summed E-state index contributed by atoms with van der Waals surface area (Å²) in [6.45, 7) is 1.97. The number of ether oxygens (including phenoxy) is 2. The number of rotatable bonds is 4. The fraction of sp³-hybridized carbons (Fsp3) is 0.294. The highest BCUT2D eigenvalue weighted by atomic mass is 16.5. The monoisotopic (exact) mass is 312 g/mol. The van der Waals surface area contributed by atoms with Gasteiger partial charge in [-0.3, -0.25) is 0 Å². The van der Waals surface area contributed by atoms with E-state index in [1.54, 1.807) is 14.2 Å². The van der Waals surface area contributed by atoms with E-state index < -0.39 is 0 Å². The third kappa shape index (κ3) is 3.83. The molecule has 1 heterocycles. The Kier molecular flexibility index (Phi) is 5.26. The fourth-order valence-corrected chi connectivity index (χ4v) is 2.19. The molecule has 0 atom stereocenters. The Bertz CT molecular complexity index is 763. The van der Waals surface area contributed by atoms with Crippen LogP contribution in [0.3, 0.4) is 0 Å². The molecule has 0 amide bonds. The topological polar surface area (TPSA) is 96.3 Å². The van der Waals surface area contributed by atoms with Crippen molar-refractivity contribution in [3.8, 4) is 23.3 Å². The molecule has 4 N–H and O–H groups in total. The highest BCUT2D eigenvalue weighted by molar-refractivity contribution is 5.56. The zero-order valence-corrected chi connectivity index (χ0v) is 13.5. The quantitative estimate of drug-likeness (QED) is 0.836. The van der Waals surface area contributed by atoms with Crippen LogP contribution in [-0.2, 0) is 12.8 Å². The molecular formula is C17H20N4O2. The lowest BCUT2D eigenvalue weighted by Crippen LogP contribution is -2.06. The van der Waals surface area contributed by atoms with Crippen LogP contribution < -0.4 is 20.9 Å². The maximum atomic E-state index is 5.90. The van der Waals surface area contributed by atoms with Crippen LogP contribution in [0, 0.1) is 11.8 Å². The molecule has 0 radical (unpaired) electrons. The Balaban J connectivity index is 2.31. The molecule has 2 rings (SSSR count). The van der Waals surface area contributed by atoms with Crippen molar-refractivity contribution in [2.75, 3.05) is 25.7 Å². The van der Waals surface area contributed by atoms with Crippen LogP contribution in [0.25, 0.3) is 0 Å². The van der Waals surface area contributed by atoms with Crippen LogP contribution in [0.2, 0.25) is 0 Å². The smallest absolute Gasteiger partial charge is 0.222 e. The number of nitrogens with two attached hydrogens (primary N) is 2. The van der Waals surface area contributed by atoms with Crippen LogP contribution in [-0.4, -0.2) is 24.2 Å². The first kappa shape index (κ1) is 16.4. The van der Waals surface area contributed by atoms with Gasteiger partial charge in [0.25, 0.3) is 0 Å². The molecule has 0 unspecified atom stereocenters. The highest BCUT2D eigenvalue weighted by Crippen LogP contribution is 2.24. The Morgan fingerprint density at radius 1 is 1.13 bits per heavy atom. The van der Waals surface area contributed by atoms with Gasteiger partial charge in [0.1, 0.15) is 17.3 Å². The number of hydrogen-bond donors (Lipinski definition) is 2. The first-order valence-electron chi connectivity index (χ1n) is 7.20. The predicted molar refractivity (Wildman–Crippen MR) is 90.4 cm³/mol. The van der Waals surface area contributed by atoms with E-state index in [1.807, 2.05) is 25.1 Å². The van der Waals surface area contributed by atoms with E-state index in [1.165, 1.54) is 0 Å². The lowest BCUT2D eigenvalue weighted by atomic mass is 10.1. The maximum Gasteiger partial charge on any atom is 0.222 e. The van der Waals surface area contributed by atoms with E-state index in [4.69, 9.17) is 20.9 Å². The Morgan fingerprint density at radius 2 is 1.91 bits per heavy atom. The summed E-state index contributed by atoms with van der Waals surface area (Å²) in [6.07, 6.45) is 1.18. The molecular weight excluding hydrogens is 292 g/mol. The number of benzene rings is 1. The summed E-state index contributed by atoms with van der Waals surface area (Å²) in [6, 6.07) is 5.60. The van der Waals surface area contributed by atoms with Crippen LogP contribution >= 0.6 is 0 Å². The van der Waals surface area contributed by atoms with Crippen molar-refractivity contribution in [1.82, 2.24) is 9.97 Å². The fourth-order valence-electron chi connectivity index (χ4n) is 2.19. The zero-order chi connectivity index (χ0) is 16.8. The molecule has 6 nitrogen and oxygen atoms in total. The summed E-state index contributed by atoms with van der Waals surface area (Å²) in [7, 11) is 3.25. The molecule has 0 saturated carbocycles. The van der Waals surface area contributed by atoms with Gasteiger partial charge in [-0.2, -0.15) is 4.98 Å². The summed E-state index contributed by atoms with van der Waals surface area (Å²) in [5, 5.41) is 0. The van der Waals surface area contributed by atoms with Gasteiger partial charge in [-0.05, 0) is 24.6 Å². The molecule has 0 bridgehead atoms. The summed E-state index contributed by atoms with van der Waals surface area (Å²) in [5.74, 6) is 8.13. The van der Waals surface area contributed by atoms with Crippen LogP contribution in [0.15, 0.2) is 18.2 Å². The minimum Gasteiger partial charge on any atom is -0.497 e. The van der Waals surface area contributed by atoms with Crippen molar-refractivity contribution in [3.63, 3.8) is 0 Å². The number of aryl methyl sites for hydroxylation is 1. The SMILES string of the molecule is CCc1nc(N)nc(N)c1C#CCc1cc(OC)ccc1OC. The van der Waals surface area contributed by atoms with Crippen molar-refractivity contribution in [2.24, 2.45) is 0 Å². The number of nitrogen functional groups attached to an aromatic ring is 2. The minimum atomic E-state index is 0.166. The molecule has 23 heavy (non-hydrogen) atoms. The first-order valence-corrected chi connectivity index (χ1v) is 7.20. The number of hydrogen-bond acceptors (Lipinski definition) is 6. The van der Waals surface area contributed by atoms with Crippen molar-refractivity contribution in [2.45, 2.75) is 19.8 Å². The van der Waals surface area contributed by atoms with Gasteiger partial charge in [0, 0.05) is 12.0 Å². The summed E-state index contributed by atoms with van der Waals surface area (Å²) in [4.78, 5) is 8.14. The molecule has 0 aliphatic rings. The van der Waals surface area contributed by atoms with E-state index in [2.05, 4.69) is 21.8 Å². The second kappa shape index (κ2) is 7.36. The van der Waals surface area contributed by atoms with Crippen molar-refractivity contribution >= 4 is 11.8 Å². The minimum absolute atomic E-state index is 0.166. The Hall–Kier alpha value is -2.94. The van der Waals surface area contributed by atoms with Crippen LogP contribution in [0.1, 0.15) is 23.7 Å². The largest absolute Gasteiger partial charge is 0.497 e. The number of methoxy groups -OCH3 is 2. The van der Waals surface area contributed by atoms with Gasteiger partial charge >= 0.3 is 0 Å². The van der Waals surface area contributed by atoms with Gasteiger partial charge in [0.15, 0.2) is 0 Å².